The molecule has 1 amide bonds. The van der Waals surface area contributed by atoms with Crippen molar-refractivity contribution in [3.8, 4) is 5.75 Å². The lowest BCUT2D eigenvalue weighted by molar-refractivity contribution is -0.122. The Hall–Kier alpha value is -2.31. The summed E-state index contributed by atoms with van der Waals surface area (Å²) in [5.74, 6) is 1.25. The second kappa shape index (κ2) is 6.54. The second-order valence-corrected chi connectivity index (χ2v) is 7.34. The van der Waals surface area contributed by atoms with Crippen molar-refractivity contribution in [3.05, 3.63) is 70.9 Å². The Morgan fingerprint density at radius 2 is 1.76 bits per heavy atom. The number of anilines is 1. The summed E-state index contributed by atoms with van der Waals surface area (Å²) in [5.41, 5.74) is 2.03. The Morgan fingerprint density at radius 3 is 2.52 bits per heavy atom. The maximum atomic E-state index is 13.0. The van der Waals surface area contributed by atoms with E-state index in [9.17, 15) is 4.79 Å². The molecule has 126 valence electrons. The van der Waals surface area contributed by atoms with Crippen LogP contribution in [0.15, 0.2) is 65.4 Å². The molecule has 25 heavy (non-hydrogen) atoms. The first-order chi connectivity index (χ1) is 12.2. The van der Waals surface area contributed by atoms with Crippen molar-refractivity contribution in [1.29, 1.82) is 0 Å². The summed E-state index contributed by atoms with van der Waals surface area (Å²) >= 11 is 6.76. The van der Waals surface area contributed by atoms with Crippen molar-refractivity contribution in [2.75, 3.05) is 11.4 Å². The lowest BCUT2D eigenvalue weighted by Gasteiger charge is -2.17. The lowest BCUT2D eigenvalue weighted by atomic mass is 10.2. The minimum absolute atomic E-state index is 0.0971. The molecule has 2 aromatic carbocycles. The monoisotopic (exact) mass is 368 g/mol. The highest BCUT2D eigenvalue weighted by atomic mass is 32.2. The van der Waals surface area contributed by atoms with Crippen LogP contribution in [0, 0.1) is 0 Å². The number of thioether (sulfide) groups is 1. The topological polar surface area (TPSA) is 32.8 Å². The van der Waals surface area contributed by atoms with Crippen molar-refractivity contribution in [2.45, 2.75) is 13.5 Å². The fourth-order valence-electron chi connectivity index (χ4n) is 2.95. The predicted molar refractivity (Wildman–Crippen MR) is 104 cm³/mol. The highest BCUT2D eigenvalue weighted by Crippen LogP contribution is 2.44. The number of carbonyl (C=O) groups is 1. The first-order valence-electron chi connectivity index (χ1n) is 8.05. The number of fused-ring (bicyclic) bond motifs is 1. The molecule has 0 N–H and O–H groups in total. The van der Waals surface area contributed by atoms with Crippen LogP contribution < -0.4 is 9.64 Å². The Labute approximate surface area is 156 Å². The fourth-order valence-corrected chi connectivity index (χ4v) is 4.21. The van der Waals surface area contributed by atoms with Crippen LogP contribution in [0.2, 0.25) is 0 Å². The highest BCUT2D eigenvalue weighted by molar-refractivity contribution is 8.26. The molecule has 6 heteroatoms. The molecule has 2 heterocycles. The smallest absolute Gasteiger partial charge is 0.271 e. The zero-order chi connectivity index (χ0) is 17.4. The van der Waals surface area contributed by atoms with Gasteiger partial charge in [0.1, 0.15) is 9.23 Å². The van der Waals surface area contributed by atoms with Crippen molar-refractivity contribution >= 4 is 39.9 Å². The largest absolute Gasteiger partial charge is 0.437 e. The molecule has 0 aromatic heterocycles. The molecule has 4 nitrogen and oxygen atoms in total. The van der Waals surface area contributed by atoms with E-state index in [-0.39, 0.29) is 5.91 Å². The van der Waals surface area contributed by atoms with Crippen molar-refractivity contribution in [2.24, 2.45) is 0 Å². The minimum Gasteiger partial charge on any atom is -0.437 e. The molecule has 4 rings (SSSR count). The molecule has 0 aliphatic carbocycles. The van der Waals surface area contributed by atoms with Crippen LogP contribution in [0.5, 0.6) is 5.75 Å². The molecule has 0 atom stereocenters. The predicted octanol–water partition coefficient (Wildman–Crippen LogP) is 4.13. The summed E-state index contributed by atoms with van der Waals surface area (Å²) in [5, 5.41) is 0. The molecule has 1 saturated heterocycles. The third-order valence-corrected chi connectivity index (χ3v) is 5.57. The standard InChI is InChI=1S/C19H16N2O2S2/c1-2-20-14-10-6-7-11-15(14)23-18(20)16-17(22)21(19(24)25-16)12-13-8-4-3-5-9-13/h3-11H,2,12H2,1H3. The van der Waals surface area contributed by atoms with Gasteiger partial charge in [0.15, 0.2) is 5.75 Å². The Bertz CT molecular complexity index is 880. The average molecular weight is 368 g/mol. The highest BCUT2D eigenvalue weighted by Gasteiger charge is 2.39. The lowest BCUT2D eigenvalue weighted by Crippen LogP contribution is -2.29. The van der Waals surface area contributed by atoms with E-state index in [1.165, 1.54) is 11.8 Å². The van der Waals surface area contributed by atoms with Gasteiger partial charge in [0, 0.05) is 6.54 Å². The number of amides is 1. The van der Waals surface area contributed by atoms with Gasteiger partial charge in [0.05, 0.1) is 12.2 Å². The third-order valence-electron chi connectivity index (χ3n) is 4.15. The van der Waals surface area contributed by atoms with E-state index < -0.39 is 0 Å². The third kappa shape index (κ3) is 2.81. The van der Waals surface area contributed by atoms with Gasteiger partial charge in [-0.25, -0.2) is 0 Å². The van der Waals surface area contributed by atoms with Crippen LogP contribution in [0.4, 0.5) is 5.69 Å². The first-order valence-corrected chi connectivity index (χ1v) is 9.28. The van der Waals surface area contributed by atoms with Crippen LogP contribution >= 0.6 is 24.0 Å². The Kier molecular flexibility index (Phi) is 4.23. The van der Waals surface area contributed by atoms with Gasteiger partial charge in [-0.05, 0) is 36.4 Å². The minimum atomic E-state index is -0.0971. The molecule has 0 saturated carbocycles. The second-order valence-electron chi connectivity index (χ2n) is 5.69. The number of nitrogens with zero attached hydrogens (tertiary/aromatic N) is 2. The molecule has 2 aromatic rings. The van der Waals surface area contributed by atoms with Gasteiger partial charge in [0.25, 0.3) is 5.91 Å². The Balaban J connectivity index is 1.67. The molecule has 0 unspecified atom stereocenters. The van der Waals surface area contributed by atoms with E-state index in [1.807, 2.05) is 66.4 Å². The molecule has 2 aliphatic heterocycles. The normalized spacial score (nSPS) is 19.4. The summed E-state index contributed by atoms with van der Waals surface area (Å²) < 4.78 is 6.55. The number of benzene rings is 2. The van der Waals surface area contributed by atoms with Gasteiger partial charge in [-0.3, -0.25) is 9.69 Å². The number of rotatable bonds is 3. The Morgan fingerprint density at radius 1 is 1.04 bits per heavy atom. The number of thiocarbonyl (C=S) groups is 1. The molecular weight excluding hydrogens is 352 g/mol. The van der Waals surface area contributed by atoms with Gasteiger partial charge in [-0.2, -0.15) is 0 Å². The van der Waals surface area contributed by atoms with Crippen molar-refractivity contribution < 1.29 is 9.53 Å². The van der Waals surface area contributed by atoms with Crippen LogP contribution in [-0.2, 0) is 11.3 Å². The SMILES string of the molecule is CCN1C(=C2SC(=S)N(Cc3ccccc3)C2=O)Oc2ccccc21. The fraction of sp³-hybridized carbons (Fsp3) is 0.158. The quantitative estimate of drug-likeness (QED) is 0.601. The van der Waals surface area contributed by atoms with Crippen LogP contribution in [0.25, 0.3) is 0 Å². The van der Waals surface area contributed by atoms with Crippen LogP contribution in [0.3, 0.4) is 0 Å². The molecule has 0 radical (unpaired) electrons. The number of ether oxygens (including phenoxy) is 1. The first kappa shape index (κ1) is 16.2. The number of carbonyl (C=O) groups excluding carboxylic acids is 1. The zero-order valence-electron chi connectivity index (χ0n) is 13.6. The summed E-state index contributed by atoms with van der Waals surface area (Å²) in [7, 11) is 0. The van der Waals surface area contributed by atoms with Gasteiger partial charge >= 0.3 is 0 Å². The van der Waals surface area contributed by atoms with Gasteiger partial charge in [-0.15, -0.1) is 0 Å². The maximum absolute atomic E-state index is 13.0. The van der Waals surface area contributed by atoms with E-state index in [0.717, 1.165) is 23.5 Å². The van der Waals surface area contributed by atoms with E-state index >= 15 is 0 Å². The number of hydrogen-bond donors (Lipinski definition) is 0. The molecule has 0 spiro atoms. The summed E-state index contributed by atoms with van der Waals surface area (Å²) in [4.78, 5) is 17.2. The summed E-state index contributed by atoms with van der Waals surface area (Å²) in [6, 6.07) is 17.7. The van der Waals surface area contributed by atoms with Gasteiger partial charge in [0.2, 0.25) is 5.88 Å². The van der Waals surface area contributed by atoms with Crippen LogP contribution in [-0.4, -0.2) is 21.7 Å². The summed E-state index contributed by atoms with van der Waals surface area (Å²) in [6.45, 7) is 3.23. The average Bonchev–Trinajstić information content (AvgIpc) is 3.14. The van der Waals surface area contributed by atoms with Crippen molar-refractivity contribution in [3.63, 3.8) is 0 Å². The van der Waals surface area contributed by atoms with Crippen LogP contribution in [0.1, 0.15) is 12.5 Å². The maximum Gasteiger partial charge on any atom is 0.271 e. The molecule has 1 fully saturated rings. The van der Waals surface area contributed by atoms with E-state index in [4.69, 9.17) is 17.0 Å². The van der Waals surface area contributed by atoms with E-state index in [2.05, 4.69) is 0 Å². The molecule has 0 bridgehead atoms. The van der Waals surface area contributed by atoms with Crippen molar-refractivity contribution in [1.82, 2.24) is 4.90 Å². The zero-order valence-corrected chi connectivity index (χ0v) is 15.3. The van der Waals surface area contributed by atoms with Gasteiger partial charge < -0.3 is 9.64 Å². The van der Waals surface area contributed by atoms with E-state index in [0.29, 0.717) is 21.7 Å². The summed E-state index contributed by atoms with van der Waals surface area (Å²) in [6.07, 6.45) is 0. The van der Waals surface area contributed by atoms with Gasteiger partial charge in [-0.1, -0.05) is 54.7 Å². The number of hydrogen-bond acceptors (Lipinski definition) is 5. The molecular formula is C19H16N2O2S2. The van der Waals surface area contributed by atoms with E-state index in [1.54, 1.807) is 4.90 Å². The molecule has 2 aliphatic rings. The number of para-hydroxylation sites is 2.